The van der Waals surface area contributed by atoms with E-state index in [1.165, 1.54) is 0 Å². The Morgan fingerprint density at radius 3 is 2.70 bits per heavy atom. The van der Waals surface area contributed by atoms with Crippen molar-refractivity contribution < 1.29 is 19.5 Å². The fourth-order valence-corrected chi connectivity index (χ4v) is 2.75. The number of anilines is 1. The van der Waals surface area contributed by atoms with E-state index in [2.05, 4.69) is 5.32 Å². The average Bonchev–Trinajstić information content (AvgIpc) is 2.93. The van der Waals surface area contributed by atoms with E-state index in [4.69, 9.17) is 5.11 Å². The Balaban J connectivity index is 1.82. The van der Waals surface area contributed by atoms with Gasteiger partial charge in [-0.2, -0.15) is 0 Å². The SMILES string of the molecule is CC(=O)N1CCc2cc(C(=O)NCCCCCC(=O)O)ccc21. The maximum Gasteiger partial charge on any atom is 0.303 e. The first-order chi connectivity index (χ1) is 11.0. The molecule has 0 aromatic heterocycles. The number of unbranched alkanes of at least 4 members (excludes halogenated alkanes) is 2. The molecule has 1 heterocycles. The van der Waals surface area contributed by atoms with E-state index in [9.17, 15) is 14.4 Å². The molecule has 0 saturated heterocycles. The van der Waals surface area contributed by atoms with Crippen LogP contribution in [0.3, 0.4) is 0 Å². The van der Waals surface area contributed by atoms with E-state index in [1.54, 1.807) is 17.9 Å². The highest BCUT2D eigenvalue weighted by Crippen LogP contribution is 2.28. The van der Waals surface area contributed by atoms with Crippen molar-refractivity contribution in [3.8, 4) is 0 Å². The lowest BCUT2D eigenvalue weighted by molar-refractivity contribution is -0.137. The van der Waals surface area contributed by atoms with Crippen molar-refractivity contribution in [3.05, 3.63) is 29.3 Å². The van der Waals surface area contributed by atoms with Crippen LogP contribution >= 0.6 is 0 Å². The Morgan fingerprint density at radius 1 is 1.22 bits per heavy atom. The molecule has 0 spiro atoms. The predicted molar refractivity (Wildman–Crippen MR) is 86.6 cm³/mol. The van der Waals surface area contributed by atoms with Gasteiger partial charge in [-0.05, 0) is 43.0 Å². The lowest BCUT2D eigenvalue weighted by Crippen LogP contribution is -2.26. The van der Waals surface area contributed by atoms with Crippen molar-refractivity contribution in [1.82, 2.24) is 5.32 Å². The number of nitrogens with one attached hydrogen (secondary N) is 1. The minimum absolute atomic E-state index is 0.0160. The number of aliphatic carboxylic acids is 1. The van der Waals surface area contributed by atoms with Gasteiger partial charge in [-0.15, -0.1) is 0 Å². The quantitative estimate of drug-likeness (QED) is 0.753. The number of carboxylic acids is 1. The molecular formula is C17H22N2O4. The van der Waals surface area contributed by atoms with Gasteiger partial charge in [0.05, 0.1) is 0 Å². The molecule has 1 aromatic rings. The van der Waals surface area contributed by atoms with Crippen LogP contribution in [0, 0.1) is 0 Å². The van der Waals surface area contributed by atoms with Gasteiger partial charge < -0.3 is 15.3 Å². The third-order valence-corrected chi connectivity index (χ3v) is 3.97. The summed E-state index contributed by atoms with van der Waals surface area (Å²) in [5, 5.41) is 11.4. The molecule has 2 N–H and O–H groups in total. The molecule has 0 radical (unpaired) electrons. The molecule has 0 saturated carbocycles. The number of carboxylic acid groups (broad SMARTS) is 1. The second kappa shape index (κ2) is 7.76. The number of rotatable bonds is 7. The van der Waals surface area contributed by atoms with Gasteiger partial charge >= 0.3 is 5.97 Å². The first-order valence-electron chi connectivity index (χ1n) is 7.90. The lowest BCUT2D eigenvalue weighted by atomic mass is 10.1. The van der Waals surface area contributed by atoms with Crippen LogP contribution in [0.1, 0.15) is 48.5 Å². The number of hydrogen-bond donors (Lipinski definition) is 2. The fraction of sp³-hybridized carbons (Fsp3) is 0.471. The maximum atomic E-state index is 12.1. The largest absolute Gasteiger partial charge is 0.481 e. The molecule has 6 heteroatoms. The minimum Gasteiger partial charge on any atom is -0.481 e. The molecule has 6 nitrogen and oxygen atoms in total. The molecule has 0 aliphatic carbocycles. The fourth-order valence-electron chi connectivity index (χ4n) is 2.75. The summed E-state index contributed by atoms with van der Waals surface area (Å²) >= 11 is 0. The average molecular weight is 318 g/mol. The molecule has 124 valence electrons. The number of carbonyl (C=O) groups is 3. The van der Waals surface area contributed by atoms with Crippen molar-refractivity contribution in [1.29, 1.82) is 0 Å². The van der Waals surface area contributed by atoms with E-state index in [1.807, 2.05) is 12.1 Å². The van der Waals surface area contributed by atoms with Crippen LogP contribution in [0.4, 0.5) is 5.69 Å². The number of benzene rings is 1. The highest BCUT2D eigenvalue weighted by molar-refractivity contribution is 5.97. The Bertz CT molecular complexity index is 613. The monoisotopic (exact) mass is 318 g/mol. The first-order valence-corrected chi connectivity index (χ1v) is 7.90. The molecule has 0 fully saturated rings. The third kappa shape index (κ3) is 4.55. The Kier molecular flexibility index (Phi) is 5.73. The van der Waals surface area contributed by atoms with Crippen LogP contribution in [-0.2, 0) is 16.0 Å². The summed E-state index contributed by atoms with van der Waals surface area (Å²) in [6.45, 7) is 2.74. The molecule has 0 atom stereocenters. The zero-order chi connectivity index (χ0) is 16.8. The lowest BCUT2D eigenvalue weighted by Gasteiger charge is -2.14. The second-order valence-corrected chi connectivity index (χ2v) is 5.72. The Hall–Kier alpha value is -2.37. The van der Waals surface area contributed by atoms with E-state index in [0.717, 1.165) is 30.5 Å². The molecular weight excluding hydrogens is 296 g/mol. The van der Waals surface area contributed by atoms with Crippen molar-refractivity contribution in [2.24, 2.45) is 0 Å². The summed E-state index contributed by atoms with van der Waals surface area (Å²) in [4.78, 5) is 35.7. The second-order valence-electron chi connectivity index (χ2n) is 5.72. The van der Waals surface area contributed by atoms with Gasteiger partial charge in [-0.3, -0.25) is 14.4 Å². The Morgan fingerprint density at radius 2 is 2.00 bits per heavy atom. The summed E-state index contributed by atoms with van der Waals surface area (Å²) in [6.07, 6.45) is 3.12. The number of nitrogens with zero attached hydrogens (tertiary/aromatic N) is 1. The van der Waals surface area contributed by atoms with E-state index in [0.29, 0.717) is 25.1 Å². The van der Waals surface area contributed by atoms with Crippen molar-refractivity contribution in [3.63, 3.8) is 0 Å². The summed E-state index contributed by atoms with van der Waals surface area (Å²) < 4.78 is 0. The van der Waals surface area contributed by atoms with E-state index < -0.39 is 5.97 Å². The summed E-state index contributed by atoms with van der Waals surface area (Å²) in [6, 6.07) is 5.41. The summed E-state index contributed by atoms with van der Waals surface area (Å²) in [5.41, 5.74) is 2.51. The van der Waals surface area contributed by atoms with Crippen molar-refractivity contribution in [2.45, 2.75) is 39.0 Å². The van der Waals surface area contributed by atoms with Crippen LogP contribution in [0.15, 0.2) is 18.2 Å². The number of hydrogen-bond acceptors (Lipinski definition) is 3. The highest BCUT2D eigenvalue weighted by atomic mass is 16.4. The Labute approximate surface area is 135 Å². The normalized spacial score (nSPS) is 12.8. The molecule has 2 amide bonds. The van der Waals surface area contributed by atoms with Crippen molar-refractivity contribution in [2.75, 3.05) is 18.0 Å². The smallest absolute Gasteiger partial charge is 0.303 e. The van der Waals surface area contributed by atoms with Crippen LogP contribution in [0.2, 0.25) is 0 Å². The van der Waals surface area contributed by atoms with E-state index >= 15 is 0 Å². The van der Waals surface area contributed by atoms with Gasteiger partial charge in [0, 0.05) is 37.7 Å². The van der Waals surface area contributed by atoms with Gasteiger partial charge in [0.2, 0.25) is 5.91 Å². The van der Waals surface area contributed by atoms with Crippen LogP contribution < -0.4 is 10.2 Å². The van der Waals surface area contributed by atoms with Crippen molar-refractivity contribution >= 4 is 23.5 Å². The van der Waals surface area contributed by atoms with Crippen LogP contribution in [0.5, 0.6) is 0 Å². The first kappa shape index (κ1) is 17.0. The topological polar surface area (TPSA) is 86.7 Å². The molecule has 2 rings (SSSR count). The van der Waals surface area contributed by atoms with Gasteiger partial charge in [0.25, 0.3) is 5.91 Å². The zero-order valence-electron chi connectivity index (χ0n) is 13.3. The van der Waals surface area contributed by atoms with Gasteiger partial charge in [-0.25, -0.2) is 0 Å². The molecule has 1 aromatic carbocycles. The zero-order valence-corrected chi connectivity index (χ0v) is 13.3. The van der Waals surface area contributed by atoms with Crippen LogP contribution in [0.25, 0.3) is 0 Å². The molecule has 23 heavy (non-hydrogen) atoms. The molecule has 1 aliphatic rings. The number of fused-ring (bicyclic) bond motifs is 1. The highest BCUT2D eigenvalue weighted by Gasteiger charge is 2.22. The van der Waals surface area contributed by atoms with Gasteiger partial charge in [0.15, 0.2) is 0 Å². The maximum absolute atomic E-state index is 12.1. The van der Waals surface area contributed by atoms with Gasteiger partial charge in [-0.1, -0.05) is 6.42 Å². The number of amides is 2. The number of carbonyl (C=O) groups excluding carboxylic acids is 2. The third-order valence-electron chi connectivity index (χ3n) is 3.97. The molecule has 0 unspecified atom stereocenters. The summed E-state index contributed by atoms with van der Waals surface area (Å²) in [5.74, 6) is -0.901. The minimum atomic E-state index is -0.785. The van der Waals surface area contributed by atoms with Crippen LogP contribution in [-0.4, -0.2) is 36.0 Å². The molecule has 1 aliphatic heterocycles. The van der Waals surface area contributed by atoms with Gasteiger partial charge in [0.1, 0.15) is 0 Å². The standard InChI is InChI=1S/C17H22N2O4/c1-12(20)19-10-8-13-11-14(6-7-15(13)19)17(23)18-9-4-2-3-5-16(21)22/h6-7,11H,2-5,8-10H2,1H3,(H,18,23)(H,21,22). The predicted octanol–water partition coefficient (Wildman–Crippen LogP) is 1.97. The summed E-state index contributed by atoms with van der Waals surface area (Å²) in [7, 11) is 0. The van der Waals surface area contributed by atoms with E-state index in [-0.39, 0.29) is 18.2 Å². The molecule has 0 bridgehead atoms.